The van der Waals surface area contributed by atoms with E-state index in [2.05, 4.69) is 63.4 Å². The topological polar surface area (TPSA) is 57.4 Å². The lowest BCUT2D eigenvalue weighted by Gasteiger charge is -2.41. The number of aryl methyl sites for hydroxylation is 1. The lowest BCUT2D eigenvalue weighted by molar-refractivity contribution is 0.228. The van der Waals surface area contributed by atoms with Crippen molar-refractivity contribution in [2.24, 2.45) is 0 Å². The first-order chi connectivity index (χ1) is 14.2. The van der Waals surface area contributed by atoms with E-state index in [9.17, 15) is 0 Å². The zero-order valence-corrected chi connectivity index (χ0v) is 17.2. The van der Waals surface area contributed by atoms with Gasteiger partial charge in [-0.2, -0.15) is 4.98 Å². The first-order valence-corrected chi connectivity index (χ1v) is 10.4. The first-order valence-electron chi connectivity index (χ1n) is 10.4. The maximum atomic E-state index is 5.31. The second-order valence-corrected chi connectivity index (χ2v) is 7.75. The van der Waals surface area contributed by atoms with Crippen LogP contribution in [0.25, 0.3) is 11.4 Å². The molecule has 2 aromatic carbocycles. The number of benzene rings is 2. The predicted molar refractivity (Wildman–Crippen MR) is 117 cm³/mol. The van der Waals surface area contributed by atoms with E-state index in [0.29, 0.717) is 17.9 Å². The molecule has 0 radical (unpaired) electrons. The highest BCUT2D eigenvalue weighted by atomic mass is 16.5. The summed E-state index contributed by atoms with van der Waals surface area (Å²) in [5.74, 6) is 0.620. The Labute approximate surface area is 172 Å². The fourth-order valence-corrected chi connectivity index (χ4v) is 3.92. The minimum absolute atomic E-state index is 0.487. The standard InChI is InChI=1S/C23H29N5O/c1-18-8-6-11-21(16-18)28-15-14-27(17-19(28)2)13-7-12-24-23-25-22(26-29-23)20-9-4-3-5-10-20/h3-6,8-11,16,19H,7,12-15,17H2,1-2H3,(H,24,25,26). The summed E-state index contributed by atoms with van der Waals surface area (Å²) in [7, 11) is 0. The molecule has 1 fully saturated rings. The Bertz CT molecular complexity index is 910. The number of piperazine rings is 1. The normalized spacial score (nSPS) is 17.4. The third kappa shape index (κ3) is 4.95. The Hall–Kier alpha value is -2.86. The van der Waals surface area contributed by atoms with E-state index >= 15 is 0 Å². The van der Waals surface area contributed by atoms with Crippen LogP contribution in [0.5, 0.6) is 0 Å². The molecule has 4 rings (SSSR count). The van der Waals surface area contributed by atoms with Gasteiger partial charge in [-0.15, -0.1) is 0 Å². The molecular formula is C23H29N5O. The fourth-order valence-electron chi connectivity index (χ4n) is 3.92. The number of rotatable bonds is 7. The molecule has 0 amide bonds. The molecule has 1 aliphatic heterocycles. The maximum absolute atomic E-state index is 5.31. The summed E-state index contributed by atoms with van der Waals surface area (Å²) in [5.41, 5.74) is 3.62. The Morgan fingerprint density at radius 1 is 1.10 bits per heavy atom. The monoisotopic (exact) mass is 391 g/mol. The molecule has 1 atom stereocenters. The van der Waals surface area contributed by atoms with Crippen molar-refractivity contribution in [1.82, 2.24) is 15.0 Å². The molecule has 3 aromatic rings. The summed E-state index contributed by atoms with van der Waals surface area (Å²) in [6.07, 6.45) is 1.04. The number of nitrogens with zero attached hydrogens (tertiary/aromatic N) is 4. The van der Waals surface area contributed by atoms with E-state index in [1.165, 1.54) is 11.3 Å². The van der Waals surface area contributed by atoms with Gasteiger partial charge in [-0.1, -0.05) is 47.6 Å². The Morgan fingerprint density at radius 2 is 1.97 bits per heavy atom. The molecule has 1 aromatic heterocycles. The average Bonchev–Trinajstić information content (AvgIpc) is 3.21. The average molecular weight is 392 g/mol. The smallest absolute Gasteiger partial charge is 0.321 e. The van der Waals surface area contributed by atoms with Gasteiger partial charge in [0.2, 0.25) is 5.82 Å². The molecule has 1 unspecified atom stereocenters. The highest BCUT2D eigenvalue weighted by molar-refractivity contribution is 5.55. The molecule has 29 heavy (non-hydrogen) atoms. The van der Waals surface area contributed by atoms with Crippen molar-refractivity contribution in [1.29, 1.82) is 0 Å². The minimum Gasteiger partial charge on any atom is -0.366 e. The Morgan fingerprint density at radius 3 is 2.76 bits per heavy atom. The van der Waals surface area contributed by atoms with Crippen LogP contribution >= 0.6 is 0 Å². The van der Waals surface area contributed by atoms with Crippen LogP contribution in [0, 0.1) is 6.92 Å². The van der Waals surface area contributed by atoms with Crippen LogP contribution < -0.4 is 10.2 Å². The molecule has 2 heterocycles. The van der Waals surface area contributed by atoms with Crippen molar-refractivity contribution in [2.75, 3.05) is 42.9 Å². The first kappa shape index (κ1) is 19.5. The predicted octanol–water partition coefficient (Wildman–Crippen LogP) is 4.06. The molecular weight excluding hydrogens is 362 g/mol. The second-order valence-electron chi connectivity index (χ2n) is 7.75. The van der Waals surface area contributed by atoms with E-state index in [-0.39, 0.29) is 0 Å². The van der Waals surface area contributed by atoms with E-state index in [4.69, 9.17) is 4.52 Å². The summed E-state index contributed by atoms with van der Waals surface area (Å²) in [5, 5.41) is 7.29. The van der Waals surface area contributed by atoms with E-state index in [1.54, 1.807) is 0 Å². The van der Waals surface area contributed by atoms with Crippen molar-refractivity contribution in [3.63, 3.8) is 0 Å². The Kier molecular flexibility index (Phi) is 6.10. The molecule has 6 heteroatoms. The molecule has 0 aliphatic carbocycles. The van der Waals surface area contributed by atoms with E-state index in [1.807, 2.05) is 30.3 Å². The number of hydrogen-bond donors (Lipinski definition) is 1. The van der Waals surface area contributed by atoms with Crippen LogP contribution in [0.4, 0.5) is 11.7 Å². The lowest BCUT2D eigenvalue weighted by atomic mass is 10.1. The highest BCUT2D eigenvalue weighted by Gasteiger charge is 2.23. The quantitative estimate of drug-likeness (QED) is 0.613. The maximum Gasteiger partial charge on any atom is 0.321 e. The summed E-state index contributed by atoms with van der Waals surface area (Å²) in [4.78, 5) is 9.48. The Balaban J connectivity index is 1.21. The third-order valence-corrected chi connectivity index (χ3v) is 5.43. The van der Waals surface area contributed by atoms with Crippen molar-refractivity contribution < 1.29 is 4.52 Å². The minimum atomic E-state index is 0.487. The second kappa shape index (κ2) is 9.09. The van der Waals surface area contributed by atoms with Gasteiger partial charge in [0.15, 0.2) is 0 Å². The van der Waals surface area contributed by atoms with Gasteiger partial charge in [0.1, 0.15) is 0 Å². The molecule has 0 saturated carbocycles. The van der Waals surface area contributed by atoms with Crippen LogP contribution in [0.1, 0.15) is 18.9 Å². The van der Waals surface area contributed by atoms with Crippen LogP contribution in [0.2, 0.25) is 0 Å². The summed E-state index contributed by atoms with van der Waals surface area (Å²) in [6, 6.07) is 19.7. The highest BCUT2D eigenvalue weighted by Crippen LogP contribution is 2.22. The molecule has 152 valence electrons. The van der Waals surface area contributed by atoms with E-state index < -0.39 is 0 Å². The van der Waals surface area contributed by atoms with Gasteiger partial charge in [0.25, 0.3) is 0 Å². The number of aromatic nitrogens is 2. The molecule has 0 bridgehead atoms. The van der Waals surface area contributed by atoms with Gasteiger partial charge < -0.3 is 14.7 Å². The molecule has 1 saturated heterocycles. The van der Waals surface area contributed by atoms with Gasteiger partial charge in [-0.05, 0) is 44.5 Å². The summed E-state index contributed by atoms with van der Waals surface area (Å²) < 4.78 is 5.31. The summed E-state index contributed by atoms with van der Waals surface area (Å²) >= 11 is 0. The van der Waals surface area contributed by atoms with Gasteiger partial charge in [-0.3, -0.25) is 4.90 Å². The van der Waals surface area contributed by atoms with Crippen LogP contribution in [-0.4, -0.2) is 53.8 Å². The van der Waals surface area contributed by atoms with Gasteiger partial charge in [0, 0.05) is 43.5 Å². The molecule has 1 N–H and O–H groups in total. The summed E-state index contributed by atoms with van der Waals surface area (Å²) in [6.45, 7) is 9.62. The third-order valence-electron chi connectivity index (χ3n) is 5.43. The van der Waals surface area contributed by atoms with Crippen molar-refractivity contribution in [3.05, 3.63) is 60.2 Å². The lowest BCUT2D eigenvalue weighted by Crippen LogP contribution is -2.52. The van der Waals surface area contributed by atoms with Crippen molar-refractivity contribution in [3.8, 4) is 11.4 Å². The zero-order chi connectivity index (χ0) is 20.1. The van der Waals surface area contributed by atoms with E-state index in [0.717, 1.165) is 44.7 Å². The number of anilines is 2. The van der Waals surface area contributed by atoms with Gasteiger partial charge >= 0.3 is 6.01 Å². The van der Waals surface area contributed by atoms with Crippen molar-refractivity contribution in [2.45, 2.75) is 26.3 Å². The molecule has 0 spiro atoms. The van der Waals surface area contributed by atoms with Crippen molar-refractivity contribution >= 4 is 11.7 Å². The number of hydrogen-bond acceptors (Lipinski definition) is 6. The number of nitrogens with one attached hydrogen (secondary N) is 1. The van der Waals surface area contributed by atoms with Gasteiger partial charge in [0.05, 0.1) is 0 Å². The largest absolute Gasteiger partial charge is 0.366 e. The zero-order valence-electron chi connectivity index (χ0n) is 17.2. The fraction of sp³-hybridized carbons (Fsp3) is 0.391. The van der Waals surface area contributed by atoms with Crippen LogP contribution in [0.15, 0.2) is 59.1 Å². The van der Waals surface area contributed by atoms with Gasteiger partial charge in [-0.25, -0.2) is 0 Å². The SMILES string of the molecule is Cc1cccc(N2CCN(CCCNc3nc(-c4ccccc4)no3)CC2C)c1. The molecule has 1 aliphatic rings. The van der Waals surface area contributed by atoms with Crippen LogP contribution in [0.3, 0.4) is 0 Å². The molecule has 6 nitrogen and oxygen atoms in total. The van der Waals surface area contributed by atoms with Crippen LogP contribution in [-0.2, 0) is 0 Å².